The molecule has 0 N–H and O–H groups in total. The highest BCUT2D eigenvalue weighted by Gasteiger charge is 1.62. The molecule has 0 saturated carbocycles. The van der Waals surface area contributed by atoms with E-state index in [1.54, 1.807) is 10.8 Å². The number of rotatable bonds is 0. The van der Waals surface area contributed by atoms with E-state index in [9.17, 15) is 0 Å². The summed E-state index contributed by atoms with van der Waals surface area (Å²) >= 11 is 0.574. The van der Waals surface area contributed by atoms with Crippen molar-refractivity contribution in [2.45, 2.75) is 0 Å². The van der Waals surface area contributed by atoms with Crippen LogP contribution in [0.1, 0.15) is 0 Å². The minimum absolute atomic E-state index is 0. The molecule has 2 nitrogen and oxygen atoms in total. The topological polar surface area (TPSA) is 47.6 Å². The van der Waals surface area contributed by atoms with Gasteiger partial charge in [0.25, 0.3) is 0 Å². The number of nitrogens with zero attached hydrogens (tertiary/aromatic N) is 2. The summed E-state index contributed by atoms with van der Waals surface area (Å²) in [6, 6.07) is 0. The Morgan fingerprint density at radius 2 is 1.38 bits per heavy atom. The molecule has 0 aliphatic carbocycles. The molecule has 46 valence electrons. The van der Waals surface area contributed by atoms with Crippen LogP contribution < -0.4 is 0 Å². The molecular formula is C2H8BFN2SSi. The van der Waals surface area contributed by atoms with Crippen LogP contribution in [0.2, 0.25) is 0 Å². The lowest BCUT2D eigenvalue weighted by Crippen LogP contribution is -1.29. The average Bonchev–Trinajstić information content (AvgIpc) is 1.41. The van der Waals surface area contributed by atoms with Crippen LogP contribution in [0.5, 0.6) is 0 Å². The lowest BCUT2D eigenvalue weighted by molar-refractivity contribution is 1.11. The van der Waals surface area contributed by atoms with Gasteiger partial charge in [0.1, 0.15) is 10.8 Å². The highest BCUT2D eigenvalue weighted by Crippen LogP contribution is 1.85. The first-order valence-electron chi connectivity index (χ1n) is 0.855. The molecule has 0 rings (SSSR count). The van der Waals surface area contributed by atoms with E-state index in [2.05, 4.69) is 0 Å². The molecule has 0 aliphatic rings. The molecule has 0 heterocycles. The van der Waals surface area contributed by atoms with Gasteiger partial charge < -0.3 is 0 Å². The first kappa shape index (κ1) is 25.7. The third kappa shape index (κ3) is 48.1. The second-order valence-corrected chi connectivity index (χ2v) is 0.854. The van der Waals surface area contributed by atoms with Crippen LogP contribution in [0.4, 0.5) is 4.70 Å². The Morgan fingerprint density at radius 1 is 1.12 bits per heavy atom. The number of thioether (sulfide) groups is 1. The smallest absolute Gasteiger partial charge is 0.149 e. The Balaban J connectivity index is -0.0000000267. The van der Waals surface area contributed by atoms with E-state index in [1.807, 2.05) is 0 Å². The van der Waals surface area contributed by atoms with E-state index in [0.717, 1.165) is 0 Å². The summed E-state index contributed by atoms with van der Waals surface area (Å²) in [6.07, 6.45) is 0. The lowest BCUT2D eigenvalue weighted by Gasteiger charge is -1.44. The Bertz CT molecular complexity index is 85.2. The van der Waals surface area contributed by atoms with Gasteiger partial charge in [-0.25, -0.2) is 0 Å². The number of nitriles is 2. The van der Waals surface area contributed by atoms with Crippen molar-refractivity contribution in [2.24, 2.45) is 0 Å². The van der Waals surface area contributed by atoms with E-state index >= 15 is 0 Å². The van der Waals surface area contributed by atoms with Gasteiger partial charge in [-0.05, 0) is 11.0 Å². The summed E-state index contributed by atoms with van der Waals surface area (Å²) < 4.78 is 0. The standard InChI is InChI=1S/C2N2S.BH3.FH.H4Si/c3-1-5-2-4;;;/h;1H3;1H;1H4. The Morgan fingerprint density at radius 3 is 1.38 bits per heavy atom. The molecule has 0 fully saturated rings. The molecule has 0 unspecified atom stereocenters. The molecule has 8 heavy (non-hydrogen) atoms. The van der Waals surface area contributed by atoms with Gasteiger partial charge in [0.05, 0.1) is 20.2 Å². The molecule has 0 atom stereocenters. The maximum atomic E-state index is 7.56. The number of hydrogen-bond acceptors (Lipinski definition) is 3. The molecule has 0 bridgehead atoms. The van der Waals surface area contributed by atoms with Gasteiger partial charge in [-0.15, -0.1) is 0 Å². The lowest BCUT2D eigenvalue weighted by atomic mass is 10.8. The van der Waals surface area contributed by atoms with Crippen LogP contribution in [0.25, 0.3) is 0 Å². The van der Waals surface area contributed by atoms with Crippen molar-refractivity contribution >= 4 is 31.1 Å². The molecule has 0 aromatic carbocycles. The molecule has 0 aromatic heterocycles. The minimum atomic E-state index is 0. The van der Waals surface area contributed by atoms with Crippen LogP contribution in [-0.4, -0.2) is 19.4 Å². The zero-order valence-corrected chi connectivity index (χ0v) is 3.53. The Kier molecular flexibility index (Phi) is 100. The summed E-state index contributed by atoms with van der Waals surface area (Å²) in [5, 5.41) is 18.3. The summed E-state index contributed by atoms with van der Waals surface area (Å²) in [5.41, 5.74) is 0. The molecule has 6 heteroatoms. The number of halogens is 1. The van der Waals surface area contributed by atoms with E-state index in [0.29, 0.717) is 11.8 Å². The zero-order valence-electron chi connectivity index (χ0n) is 2.71. The monoisotopic (exact) mass is 150 g/mol. The van der Waals surface area contributed by atoms with Gasteiger partial charge in [0, 0.05) is 0 Å². The van der Waals surface area contributed by atoms with E-state index < -0.39 is 0 Å². The second kappa shape index (κ2) is 31.1. The van der Waals surface area contributed by atoms with Crippen molar-refractivity contribution < 1.29 is 4.70 Å². The van der Waals surface area contributed by atoms with Crippen LogP contribution in [0, 0.1) is 21.3 Å². The van der Waals surface area contributed by atoms with Gasteiger partial charge in [-0.2, -0.15) is 10.5 Å². The molecule has 0 aromatic rings. The summed E-state index contributed by atoms with van der Waals surface area (Å²) in [7, 11) is 0. The van der Waals surface area contributed by atoms with Crippen molar-refractivity contribution in [1.29, 1.82) is 10.5 Å². The fourth-order valence-corrected chi connectivity index (χ4v) is 0.0612. The van der Waals surface area contributed by atoms with Gasteiger partial charge >= 0.3 is 0 Å². The molecular weight excluding hydrogens is 142 g/mol. The summed E-state index contributed by atoms with van der Waals surface area (Å²) in [6.45, 7) is 0. The van der Waals surface area contributed by atoms with Crippen LogP contribution in [-0.2, 0) is 0 Å². The van der Waals surface area contributed by atoms with Crippen LogP contribution in [0.3, 0.4) is 0 Å². The third-order valence-electron chi connectivity index (χ3n) is 0.0913. The zero-order chi connectivity index (χ0) is 4.12. The SMILES string of the molecule is B.F.N#CSC#N.[SiH4]. The van der Waals surface area contributed by atoms with Crippen LogP contribution >= 0.6 is 11.8 Å². The van der Waals surface area contributed by atoms with Crippen molar-refractivity contribution in [1.82, 2.24) is 0 Å². The molecule has 0 spiro atoms. The first-order valence-corrected chi connectivity index (χ1v) is 1.67. The maximum Gasteiger partial charge on any atom is 0.149 e. The van der Waals surface area contributed by atoms with Gasteiger partial charge in [0.2, 0.25) is 0 Å². The fourth-order valence-electron chi connectivity index (χ4n) is 0.0204. The highest BCUT2D eigenvalue weighted by molar-refractivity contribution is 8.07. The van der Waals surface area contributed by atoms with Gasteiger partial charge in [0.15, 0.2) is 0 Å². The van der Waals surface area contributed by atoms with Crippen molar-refractivity contribution in [3.63, 3.8) is 0 Å². The first-order chi connectivity index (χ1) is 2.41. The highest BCUT2D eigenvalue weighted by atomic mass is 32.2. The largest absolute Gasteiger partial charge is 0.269 e. The van der Waals surface area contributed by atoms with Crippen LogP contribution in [0.15, 0.2) is 0 Å². The minimum Gasteiger partial charge on any atom is -0.269 e. The Hall–Kier alpha value is -0.458. The second-order valence-electron chi connectivity index (χ2n) is 0.285. The summed E-state index contributed by atoms with van der Waals surface area (Å²) in [5.74, 6) is 0. The predicted molar refractivity (Wildman–Crippen MR) is 42.6 cm³/mol. The molecule has 0 saturated heterocycles. The van der Waals surface area contributed by atoms with Crippen molar-refractivity contribution in [3.05, 3.63) is 0 Å². The fraction of sp³-hybridized carbons (Fsp3) is 0. The maximum absolute atomic E-state index is 7.56. The van der Waals surface area contributed by atoms with E-state index in [1.165, 1.54) is 0 Å². The number of hydrogen-bond donors (Lipinski definition) is 0. The van der Waals surface area contributed by atoms with E-state index in [-0.39, 0.29) is 24.1 Å². The Labute approximate surface area is 57.8 Å². The number of thiocyanates is 2. The van der Waals surface area contributed by atoms with Crippen molar-refractivity contribution in [3.8, 4) is 10.8 Å². The average molecular weight is 150 g/mol. The predicted octanol–water partition coefficient (Wildman–Crippen LogP) is -1.80. The molecule has 0 aliphatic heterocycles. The van der Waals surface area contributed by atoms with Crippen molar-refractivity contribution in [2.75, 3.05) is 0 Å². The molecule has 0 amide bonds. The quantitative estimate of drug-likeness (QED) is 0.302. The molecule has 0 radical (unpaired) electrons. The van der Waals surface area contributed by atoms with Gasteiger partial charge in [-0.1, -0.05) is 0 Å². The third-order valence-corrected chi connectivity index (χ3v) is 0.274. The van der Waals surface area contributed by atoms with Gasteiger partial charge in [-0.3, -0.25) is 4.70 Å². The summed E-state index contributed by atoms with van der Waals surface area (Å²) in [4.78, 5) is 0. The van der Waals surface area contributed by atoms with E-state index in [4.69, 9.17) is 10.5 Å². The normalized spacial score (nSPS) is 2.75.